The van der Waals surface area contributed by atoms with Crippen molar-refractivity contribution in [2.24, 2.45) is 0 Å². The highest BCUT2D eigenvalue weighted by molar-refractivity contribution is 8.03. The van der Waals surface area contributed by atoms with Crippen molar-refractivity contribution in [3.63, 3.8) is 0 Å². The number of rotatable bonds is 1. The van der Waals surface area contributed by atoms with E-state index in [1.807, 2.05) is 11.8 Å². The second-order valence-electron chi connectivity index (χ2n) is 1.85. The van der Waals surface area contributed by atoms with Crippen LogP contribution in [0, 0.1) is 0 Å². The summed E-state index contributed by atoms with van der Waals surface area (Å²) in [6, 6.07) is 0. The van der Waals surface area contributed by atoms with Crippen LogP contribution in [-0.4, -0.2) is 5.88 Å². The third kappa shape index (κ3) is 0.996. The number of nitrogens with one attached hydrogen (secondary N) is 1. The highest BCUT2D eigenvalue weighted by Crippen LogP contribution is 2.24. The van der Waals surface area contributed by atoms with Gasteiger partial charge in [-0.1, -0.05) is 6.92 Å². The topological polar surface area (TPSA) is 12.0 Å². The molecule has 1 rings (SSSR count). The minimum absolute atomic E-state index is 1.08. The lowest BCUT2D eigenvalue weighted by molar-refractivity contribution is 0.891. The van der Waals surface area contributed by atoms with E-state index in [0.717, 1.165) is 12.3 Å². The Balaban J connectivity index is 2.58. The summed E-state index contributed by atoms with van der Waals surface area (Å²) in [6.45, 7) is 4.35. The van der Waals surface area contributed by atoms with Gasteiger partial charge < -0.3 is 5.32 Å². The van der Waals surface area contributed by atoms with E-state index in [4.69, 9.17) is 0 Å². The fraction of sp³-hybridized carbons (Fsp3) is 0.667. The van der Waals surface area contributed by atoms with Crippen LogP contribution in [0.2, 0.25) is 0 Å². The van der Waals surface area contributed by atoms with Gasteiger partial charge in [-0.3, -0.25) is 0 Å². The molecule has 0 fully saturated rings. The predicted molar refractivity (Wildman–Crippen MR) is 38.6 cm³/mol. The van der Waals surface area contributed by atoms with Gasteiger partial charge in [-0.25, -0.2) is 0 Å². The molecule has 0 aromatic carbocycles. The van der Waals surface area contributed by atoms with E-state index in [0.29, 0.717) is 0 Å². The minimum atomic E-state index is 1.08. The highest BCUT2D eigenvalue weighted by Gasteiger charge is 2.06. The van der Waals surface area contributed by atoms with Gasteiger partial charge in [-0.15, -0.1) is 11.8 Å². The van der Waals surface area contributed by atoms with Crippen LogP contribution < -0.4 is 5.32 Å². The van der Waals surface area contributed by atoms with Crippen molar-refractivity contribution in [3.8, 4) is 0 Å². The lowest BCUT2D eigenvalue weighted by Crippen LogP contribution is -2.04. The fourth-order valence-corrected chi connectivity index (χ4v) is 1.67. The third-order valence-corrected chi connectivity index (χ3v) is 2.32. The molecule has 0 atom stereocenters. The average Bonchev–Trinajstić information content (AvgIpc) is 2.14. The number of hydrogen-bond donors (Lipinski definition) is 1. The van der Waals surface area contributed by atoms with Gasteiger partial charge in [0.2, 0.25) is 0 Å². The monoisotopic (exact) mass is 129 g/mol. The fourth-order valence-electron chi connectivity index (χ4n) is 0.817. The Hall–Kier alpha value is -0.110. The summed E-state index contributed by atoms with van der Waals surface area (Å²) in [6.07, 6.45) is 1.15. The molecular formula is C6H11NS. The van der Waals surface area contributed by atoms with Crippen LogP contribution >= 0.6 is 11.8 Å². The zero-order chi connectivity index (χ0) is 5.98. The number of hydrogen-bond acceptors (Lipinski definition) is 2. The summed E-state index contributed by atoms with van der Waals surface area (Å²) in [4.78, 5) is 1.47. The van der Waals surface area contributed by atoms with Gasteiger partial charge >= 0.3 is 0 Å². The molecule has 0 aliphatic carbocycles. The molecule has 1 nitrogen and oxygen atoms in total. The Bertz CT molecular complexity index is 118. The Morgan fingerprint density at radius 2 is 2.50 bits per heavy atom. The Labute approximate surface area is 54.5 Å². The Kier molecular flexibility index (Phi) is 1.84. The quantitative estimate of drug-likeness (QED) is 0.580. The Morgan fingerprint density at radius 3 is 2.75 bits per heavy atom. The van der Waals surface area contributed by atoms with Gasteiger partial charge in [0, 0.05) is 10.6 Å². The predicted octanol–water partition coefficient (Wildman–Crippen LogP) is 1.92. The molecule has 0 radical (unpaired) electrons. The van der Waals surface area contributed by atoms with Crippen LogP contribution in [0.3, 0.4) is 0 Å². The molecule has 0 aromatic rings. The SMILES string of the molecule is CCC1=C(C)SCN1. The molecule has 0 spiro atoms. The maximum Gasteiger partial charge on any atom is 0.0651 e. The molecule has 1 aliphatic rings. The third-order valence-electron chi connectivity index (χ3n) is 1.35. The first-order valence-corrected chi connectivity index (χ1v) is 3.89. The van der Waals surface area contributed by atoms with Crippen molar-refractivity contribution >= 4 is 11.8 Å². The van der Waals surface area contributed by atoms with Crippen molar-refractivity contribution in [3.05, 3.63) is 10.6 Å². The van der Waals surface area contributed by atoms with Crippen molar-refractivity contribution in [1.29, 1.82) is 0 Å². The molecule has 0 saturated heterocycles. The van der Waals surface area contributed by atoms with Crippen LogP contribution in [0.5, 0.6) is 0 Å². The van der Waals surface area contributed by atoms with Crippen molar-refractivity contribution in [1.82, 2.24) is 5.32 Å². The summed E-state index contributed by atoms with van der Waals surface area (Å²) in [5.74, 6) is 1.08. The number of thioether (sulfide) groups is 1. The Morgan fingerprint density at radius 1 is 1.75 bits per heavy atom. The standard InChI is InChI=1S/C6H11NS/c1-3-6-5(2)8-4-7-6/h7H,3-4H2,1-2H3. The first-order valence-electron chi connectivity index (χ1n) is 2.91. The van der Waals surface area contributed by atoms with E-state index in [1.165, 1.54) is 10.6 Å². The normalized spacial score (nSPS) is 19.2. The van der Waals surface area contributed by atoms with Gasteiger partial charge in [0.15, 0.2) is 0 Å². The number of allylic oxidation sites excluding steroid dienone is 2. The maximum atomic E-state index is 3.30. The molecule has 0 amide bonds. The molecule has 0 saturated carbocycles. The first kappa shape index (κ1) is 6.02. The molecule has 8 heavy (non-hydrogen) atoms. The molecular weight excluding hydrogens is 118 g/mol. The van der Waals surface area contributed by atoms with E-state index >= 15 is 0 Å². The summed E-state index contributed by atoms with van der Waals surface area (Å²) in [5.41, 5.74) is 1.43. The summed E-state index contributed by atoms with van der Waals surface area (Å²) >= 11 is 1.90. The average molecular weight is 129 g/mol. The van der Waals surface area contributed by atoms with Gasteiger partial charge in [-0.2, -0.15) is 0 Å². The van der Waals surface area contributed by atoms with E-state index in [9.17, 15) is 0 Å². The van der Waals surface area contributed by atoms with Crippen molar-refractivity contribution < 1.29 is 0 Å². The van der Waals surface area contributed by atoms with Gasteiger partial charge in [0.25, 0.3) is 0 Å². The zero-order valence-electron chi connectivity index (χ0n) is 5.32. The van der Waals surface area contributed by atoms with Crippen molar-refractivity contribution in [2.45, 2.75) is 20.3 Å². The van der Waals surface area contributed by atoms with Crippen LogP contribution in [0.4, 0.5) is 0 Å². The second-order valence-corrected chi connectivity index (χ2v) is 3.04. The highest BCUT2D eigenvalue weighted by atomic mass is 32.2. The molecule has 0 aromatic heterocycles. The van der Waals surface area contributed by atoms with Crippen LogP contribution in [0.1, 0.15) is 20.3 Å². The van der Waals surface area contributed by atoms with E-state index in [1.54, 1.807) is 0 Å². The molecule has 0 unspecified atom stereocenters. The zero-order valence-corrected chi connectivity index (χ0v) is 6.14. The van der Waals surface area contributed by atoms with Gasteiger partial charge in [0.05, 0.1) is 5.88 Å². The largest absolute Gasteiger partial charge is 0.378 e. The lowest BCUT2D eigenvalue weighted by Gasteiger charge is -1.96. The van der Waals surface area contributed by atoms with Crippen LogP contribution in [0.25, 0.3) is 0 Å². The molecule has 46 valence electrons. The van der Waals surface area contributed by atoms with E-state index < -0.39 is 0 Å². The smallest absolute Gasteiger partial charge is 0.0651 e. The lowest BCUT2D eigenvalue weighted by atomic mass is 10.3. The summed E-state index contributed by atoms with van der Waals surface area (Å²) < 4.78 is 0. The van der Waals surface area contributed by atoms with E-state index in [-0.39, 0.29) is 0 Å². The van der Waals surface area contributed by atoms with E-state index in [2.05, 4.69) is 19.2 Å². The molecule has 1 aliphatic heterocycles. The molecule has 2 heteroatoms. The maximum absolute atomic E-state index is 3.30. The van der Waals surface area contributed by atoms with Crippen molar-refractivity contribution in [2.75, 3.05) is 5.88 Å². The minimum Gasteiger partial charge on any atom is -0.378 e. The van der Waals surface area contributed by atoms with Crippen LogP contribution in [-0.2, 0) is 0 Å². The summed E-state index contributed by atoms with van der Waals surface area (Å²) in [5, 5.41) is 3.30. The van der Waals surface area contributed by atoms with Crippen LogP contribution in [0.15, 0.2) is 10.6 Å². The summed E-state index contributed by atoms with van der Waals surface area (Å²) in [7, 11) is 0. The molecule has 1 heterocycles. The van der Waals surface area contributed by atoms with Gasteiger partial charge in [-0.05, 0) is 13.3 Å². The first-order chi connectivity index (χ1) is 3.84. The van der Waals surface area contributed by atoms with Gasteiger partial charge in [0.1, 0.15) is 0 Å². The molecule has 1 N–H and O–H groups in total. The molecule has 0 bridgehead atoms. The second kappa shape index (κ2) is 2.44.